The Morgan fingerprint density at radius 3 is 2.42 bits per heavy atom. The fourth-order valence-corrected chi connectivity index (χ4v) is 3.81. The highest BCUT2D eigenvalue weighted by Gasteiger charge is 2.17. The summed E-state index contributed by atoms with van der Waals surface area (Å²) in [7, 11) is 1.78. The Morgan fingerprint density at radius 2 is 1.67 bits per heavy atom. The number of fused-ring (bicyclic) bond motifs is 1. The SMILES string of the molecule is CN(C(=O)Cn1c(CCCNC(=O)c2ccc(Cl)cc2)nc2ccccc21)c1ccccc1. The average molecular weight is 461 g/mol. The Kier molecular flexibility index (Phi) is 7.05. The van der Waals surface area contributed by atoms with Crippen LogP contribution in [0.5, 0.6) is 0 Å². The van der Waals surface area contributed by atoms with Crippen molar-refractivity contribution in [1.82, 2.24) is 14.9 Å². The van der Waals surface area contributed by atoms with E-state index in [0.29, 0.717) is 30.0 Å². The van der Waals surface area contributed by atoms with E-state index in [1.54, 1.807) is 36.2 Å². The molecule has 7 heteroatoms. The second-order valence-electron chi connectivity index (χ2n) is 7.76. The molecule has 168 valence electrons. The second-order valence-corrected chi connectivity index (χ2v) is 8.19. The van der Waals surface area contributed by atoms with E-state index >= 15 is 0 Å². The fraction of sp³-hybridized carbons (Fsp3) is 0.192. The summed E-state index contributed by atoms with van der Waals surface area (Å²) in [6, 6.07) is 24.2. The van der Waals surface area contributed by atoms with Crippen LogP contribution in [0.15, 0.2) is 78.9 Å². The summed E-state index contributed by atoms with van der Waals surface area (Å²) >= 11 is 5.88. The summed E-state index contributed by atoms with van der Waals surface area (Å²) in [5, 5.41) is 3.52. The van der Waals surface area contributed by atoms with Crippen molar-refractivity contribution in [3.8, 4) is 0 Å². The number of hydrogen-bond acceptors (Lipinski definition) is 3. The van der Waals surface area contributed by atoms with Crippen LogP contribution in [0.1, 0.15) is 22.6 Å². The molecule has 0 aliphatic carbocycles. The summed E-state index contributed by atoms with van der Waals surface area (Å²) in [4.78, 5) is 31.7. The van der Waals surface area contributed by atoms with Gasteiger partial charge in [-0.05, 0) is 55.0 Å². The molecular weight excluding hydrogens is 436 g/mol. The minimum absolute atomic E-state index is 0.0263. The molecule has 0 aliphatic rings. The third-order valence-electron chi connectivity index (χ3n) is 5.51. The number of aryl methyl sites for hydroxylation is 1. The molecule has 33 heavy (non-hydrogen) atoms. The lowest BCUT2D eigenvalue weighted by atomic mass is 10.2. The van der Waals surface area contributed by atoms with E-state index in [4.69, 9.17) is 16.6 Å². The number of likely N-dealkylation sites (N-methyl/N-ethyl adjacent to an activating group) is 1. The number of hydrogen-bond donors (Lipinski definition) is 1. The molecule has 4 aromatic rings. The van der Waals surface area contributed by atoms with Crippen molar-refractivity contribution in [2.75, 3.05) is 18.5 Å². The van der Waals surface area contributed by atoms with Crippen LogP contribution in [0.4, 0.5) is 5.69 Å². The van der Waals surface area contributed by atoms with Crippen LogP contribution in [0.25, 0.3) is 11.0 Å². The van der Waals surface area contributed by atoms with Gasteiger partial charge < -0.3 is 14.8 Å². The Bertz CT molecular complexity index is 1250. The van der Waals surface area contributed by atoms with Crippen LogP contribution in [0, 0.1) is 0 Å². The molecule has 1 N–H and O–H groups in total. The predicted molar refractivity (Wildman–Crippen MR) is 132 cm³/mol. The van der Waals surface area contributed by atoms with E-state index in [1.165, 1.54) is 0 Å². The first kappa shape index (κ1) is 22.6. The first-order valence-corrected chi connectivity index (χ1v) is 11.2. The molecular formula is C26H25ClN4O2. The van der Waals surface area contributed by atoms with Gasteiger partial charge >= 0.3 is 0 Å². The summed E-state index contributed by atoms with van der Waals surface area (Å²) in [5.41, 5.74) is 3.19. The molecule has 0 saturated carbocycles. The van der Waals surface area contributed by atoms with E-state index < -0.39 is 0 Å². The topological polar surface area (TPSA) is 67.2 Å². The second kappa shape index (κ2) is 10.3. The molecule has 0 saturated heterocycles. The van der Waals surface area contributed by atoms with Crippen LogP contribution in [0.3, 0.4) is 0 Å². The molecule has 0 aliphatic heterocycles. The minimum Gasteiger partial charge on any atom is -0.352 e. The molecule has 0 bridgehead atoms. The highest BCUT2D eigenvalue weighted by atomic mass is 35.5. The molecule has 4 rings (SSSR count). The highest BCUT2D eigenvalue weighted by molar-refractivity contribution is 6.30. The van der Waals surface area contributed by atoms with Crippen molar-refractivity contribution in [3.05, 3.63) is 95.3 Å². The first-order valence-electron chi connectivity index (χ1n) is 10.8. The number of nitrogens with one attached hydrogen (secondary N) is 1. The summed E-state index contributed by atoms with van der Waals surface area (Å²) in [6.45, 7) is 0.695. The summed E-state index contributed by atoms with van der Waals surface area (Å²) in [5.74, 6) is 0.660. The summed E-state index contributed by atoms with van der Waals surface area (Å²) in [6.07, 6.45) is 1.34. The fourth-order valence-electron chi connectivity index (χ4n) is 3.68. The van der Waals surface area contributed by atoms with Gasteiger partial charge in [0.1, 0.15) is 12.4 Å². The van der Waals surface area contributed by atoms with Crippen LogP contribution >= 0.6 is 11.6 Å². The Hall–Kier alpha value is -3.64. The molecule has 0 fully saturated rings. The zero-order chi connectivity index (χ0) is 23.2. The van der Waals surface area contributed by atoms with Crippen molar-refractivity contribution in [1.29, 1.82) is 0 Å². The number of aromatic nitrogens is 2. The molecule has 3 aromatic carbocycles. The molecule has 0 unspecified atom stereocenters. The quantitative estimate of drug-likeness (QED) is 0.387. The zero-order valence-electron chi connectivity index (χ0n) is 18.4. The third-order valence-corrected chi connectivity index (χ3v) is 5.77. The van der Waals surface area contributed by atoms with Gasteiger partial charge in [0.05, 0.1) is 11.0 Å². The number of carbonyl (C=O) groups is 2. The van der Waals surface area contributed by atoms with E-state index in [-0.39, 0.29) is 18.4 Å². The van der Waals surface area contributed by atoms with E-state index in [1.807, 2.05) is 59.2 Å². The minimum atomic E-state index is -0.139. The van der Waals surface area contributed by atoms with Gasteiger partial charge in [0.2, 0.25) is 5.91 Å². The van der Waals surface area contributed by atoms with Crippen LogP contribution in [-0.4, -0.2) is 35.0 Å². The number of para-hydroxylation sites is 3. The Morgan fingerprint density at radius 1 is 0.970 bits per heavy atom. The van der Waals surface area contributed by atoms with Gasteiger partial charge in [0.25, 0.3) is 5.91 Å². The summed E-state index contributed by atoms with van der Waals surface area (Å²) < 4.78 is 1.97. The van der Waals surface area contributed by atoms with Crippen molar-refractivity contribution in [2.24, 2.45) is 0 Å². The average Bonchev–Trinajstić information content (AvgIpc) is 3.19. The standard InChI is InChI=1S/C26H25ClN4O2/c1-30(21-8-3-2-4-9-21)25(32)18-31-23-11-6-5-10-22(23)29-24(31)12-7-17-28-26(33)19-13-15-20(27)16-14-19/h2-6,8-11,13-16H,7,12,17-18H2,1H3,(H,28,33). The van der Waals surface area contributed by atoms with Gasteiger partial charge in [-0.15, -0.1) is 0 Å². The maximum atomic E-state index is 13.0. The van der Waals surface area contributed by atoms with E-state index in [9.17, 15) is 9.59 Å². The molecule has 2 amide bonds. The molecule has 1 aromatic heterocycles. The molecule has 0 atom stereocenters. The number of halogens is 1. The Balaban J connectivity index is 1.43. The van der Waals surface area contributed by atoms with Crippen molar-refractivity contribution < 1.29 is 9.59 Å². The number of rotatable bonds is 8. The predicted octanol–water partition coefficient (Wildman–Crippen LogP) is 4.72. The van der Waals surface area contributed by atoms with Gasteiger partial charge in [-0.2, -0.15) is 0 Å². The van der Waals surface area contributed by atoms with Crippen LogP contribution in [-0.2, 0) is 17.8 Å². The normalized spacial score (nSPS) is 10.8. The van der Waals surface area contributed by atoms with Crippen molar-refractivity contribution in [2.45, 2.75) is 19.4 Å². The number of carbonyl (C=O) groups excluding carboxylic acids is 2. The lowest BCUT2D eigenvalue weighted by Crippen LogP contribution is -2.30. The maximum absolute atomic E-state index is 13.0. The van der Waals surface area contributed by atoms with Crippen LogP contribution in [0.2, 0.25) is 5.02 Å². The lowest BCUT2D eigenvalue weighted by Gasteiger charge is -2.18. The molecule has 6 nitrogen and oxygen atoms in total. The monoisotopic (exact) mass is 460 g/mol. The zero-order valence-corrected chi connectivity index (χ0v) is 19.1. The van der Waals surface area contributed by atoms with Crippen molar-refractivity contribution >= 4 is 40.1 Å². The van der Waals surface area contributed by atoms with E-state index in [2.05, 4.69) is 5.32 Å². The highest BCUT2D eigenvalue weighted by Crippen LogP contribution is 2.19. The van der Waals surface area contributed by atoms with Gasteiger partial charge in [0.15, 0.2) is 0 Å². The van der Waals surface area contributed by atoms with Crippen LogP contribution < -0.4 is 10.2 Å². The molecule has 0 spiro atoms. The molecule has 0 radical (unpaired) electrons. The van der Waals surface area contributed by atoms with Gasteiger partial charge in [-0.1, -0.05) is 41.9 Å². The number of anilines is 1. The molecule has 1 heterocycles. The maximum Gasteiger partial charge on any atom is 0.251 e. The third kappa shape index (κ3) is 5.41. The smallest absolute Gasteiger partial charge is 0.251 e. The number of nitrogens with zero attached hydrogens (tertiary/aromatic N) is 3. The number of benzene rings is 3. The number of amides is 2. The van der Waals surface area contributed by atoms with Gasteiger partial charge in [-0.3, -0.25) is 9.59 Å². The van der Waals surface area contributed by atoms with Gasteiger partial charge in [-0.25, -0.2) is 4.98 Å². The first-order chi connectivity index (χ1) is 16.0. The Labute approximate surface area is 197 Å². The number of imidazole rings is 1. The van der Waals surface area contributed by atoms with Crippen molar-refractivity contribution in [3.63, 3.8) is 0 Å². The van der Waals surface area contributed by atoms with Gasteiger partial charge in [0, 0.05) is 36.3 Å². The van der Waals surface area contributed by atoms with E-state index in [0.717, 1.165) is 22.5 Å². The lowest BCUT2D eigenvalue weighted by molar-refractivity contribution is -0.118. The largest absolute Gasteiger partial charge is 0.352 e.